The number of nitrogens with one attached hydrogen (secondary N) is 1. The second kappa shape index (κ2) is 5.12. The Morgan fingerprint density at radius 2 is 2.06 bits per heavy atom. The zero-order valence-corrected chi connectivity index (χ0v) is 12.5. The second-order valence-corrected chi connectivity index (χ2v) is 6.48. The highest BCUT2D eigenvalue weighted by molar-refractivity contribution is 9.11. The summed E-state index contributed by atoms with van der Waals surface area (Å²) >= 11 is 4.82. The van der Waals surface area contributed by atoms with Gasteiger partial charge in [-0.3, -0.25) is 4.79 Å². The quantitative estimate of drug-likeness (QED) is 0.821. The molecule has 0 bridgehead atoms. The molecule has 3 nitrogen and oxygen atoms in total. The summed E-state index contributed by atoms with van der Waals surface area (Å²) < 4.78 is 0.976. The molecule has 0 aliphatic heterocycles. The second-order valence-electron chi connectivity index (χ2n) is 4.11. The molecular weight excluding hydrogens is 312 g/mol. The largest absolute Gasteiger partial charge is 0.397 e. The average Bonchev–Trinajstić information content (AvgIpc) is 2.63. The SMILES string of the molecule is Cc1ccc(NC(=O)c2cc(C)c(Br)s2)c(N)c1. The Kier molecular flexibility index (Phi) is 3.73. The summed E-state index contributed by atoms with van der Waals surface area (Å²) in [6.45, 7) is 3.92. The summed E-state index contributed by atoms with van der Waals surface area (Å²) in [6.07, 6.45) is 0. The molecule has 94 valence electrons. The van der Waals surface area contributed by atoms with E-state index in [9.17, 15) is 4.79 Å². The summed E-state index contributed by atoms with van der Waals surface area (Å²) in [5.41, 5.74) is 9.21. The van der Waals surface area contributed by atoms with Crippen molar-refractivity contribution in [2.45, 2.75) is 13.8 Å². The average molecular weight is 325 g/mol. The van der Waals surface area contributed by atoms with Crippen molar-refractivity contribution >= 4 is 44.5 Å². The van der Waals surface area contributed by atoms with E-state index >= 15 is 0 Å². The number of halogens is 1. The number of anilines is 2. The molecule has 0 spiro atoms. The van der Waals surface area contributed by atoms with E-state index < -0.39 is 0 Å². The highest BCUT2D eigenvalue weighted by Crippen LogP contribution is 2.28. The predicted octanol–water partition coefficient (Wildman–Crippen LogP) is 3.96. The van der Waals surface area contributed by atoms with Gasteiger partial charge in [-0.2, -0.15) is 0 Å². The first-order valence-electron chi connectivity index (χ1n) is 5.41. The van der Waals surface area contributed by atoms with Crippen LogP contribution in [0, 0.1) is 13.8 Å². The molecule has 0 saturated heterocycles. The van der Waals surface area contributed by atoms with Crippen LogP contribution in [0.1, 0.15) is 20.8 Å². The molecule has 1 aromatic carbocycles. The van der Waals surface area contributed by atoms with E-state index in [-0.39, 0.29) is 5.91 Å². The van der Waals surface area contributed by atoms with E-state index in [1.807, 2.05) is 38.1 Å². The standard InChI is InChI=1S/C13H13BrN2OS/c1-7-3-4-10(9(15)5-7)16-13(17)11-6-8(2)12(14)18-11/h3-6H,15H2,1-2H3,(H,16,17). The first kappa shape index (κ1) is 13.1. The van der Waals surface area contributed by atoms with Gasteiger partial charge in [0, 0.05) is 0 Å². The Morgan fingerprint density at radius 1 is 1.33 bits per heavy atom. The molecule has 0 aliphatic rings. The molecular formula is C13H13BrN2OS. The van der Waals surface area contributed by atoms with E-state index in [1.165, 1.54) is 11.3 Å². The molecule has 18 heavy (non-hydrogen) atoms. The Labute approximate surface area is 118 Å². The smallest absolute Gasteiger partial charge is 0.265 e. The van der Waals surface area contributed by atoms with Gasteiger partial charge in [0.25, 0.3) is 5.91 Å². The summed E-state index contributed by atoms with van der Waals surface area (Å²) in [5, 5.41) is 2.82. The number of benzene rings is 1. The van der Waals surface area contributed by atoms with E-state index in [2.05, 4.69) is 21.2 Å². The molecule has 1 amide bonds. The van der Waals surface area contributed by atoms with Gasteiger partial charge in [-0.05, 0) is 59.1 Å². The lowest BCUT2D eigenvalue weighted by molar-refractivity contribution is 0.103. The Hall–Kier alpha value is -1.33. The van der Waals surface area contributed by atoms with Crippen LogP contribution in [0.25, 0.3) is 0 Å². The summed E-state index contributed by atoms with van der Waals surface area (Å²) in [7, 11) is 0. The molecule has 0 saturated carbocycles. The topological polar surface area (TPSA) is 55.1 Å². The number of hydrogen-bond donors (Lipinski definition) is 2. The maximum atomic E-state index is 12.0. The number of carbonyl (C=O) groups is 1. The van der Waals surface area contributed by atoms with Crippen LogP contribution in [0.15, 0.2) is 28.1 Å². The fourth-order valence-corrected chi connectivity index (χ4v) is 2.98. The van der Waals surface area contributed by atoms with Crippen molar-refractivity contribution in [3.63, 3.8) is 0 Å². The van der Waals surface area contributed by atoms with Gasteiger partial charge in [0.1, 0.15) is 0 Å². The van der Waals surface area contributed by atoms with Crippen LogP contribution in [0.5, 0.6) is 0 Å². The Balaban J connectivity index is 2.21. The highest BCUT2D eigenvalue weighted by Gasteiger charge is 2.12. The number of carbonyl (C=O) groups excluding carboxylic acids is 1. The van der Waals surface area contributed by atoms with Crippen molar-refractivity contribution in [3.8, 4) is 0 Å². The van der Waals surface area contributed by atoms with Crippen LogP contribution >= 0.6 is 27.3 Å². The Morgan fingerprint density at radius 3 is 2.61 bits per heavy atom. The molecule has 0 fully saturated rings. The van der Waals surface area contributed by atoms with E-state index in [1.54, 1.807) is 0 Å². The minimum Gasteiger partial charge on any atom is -0.397 e. The number of aryl methyl sites for hydroxylation is 2. The van der Waals surface area contributed by atoms with Crippen molar-refractivity contribution < 1.29 is 4.79 Å². The van der Waals surface area contributed by atoms with Gasteiger partial charge in [0.05, 0.1) is 20.0 Å². The van der Waals surface area contributed by atoms with Gasteiger partial charge < -0.3 is 11.1 Å². The van der Waals surface area contributed by atoms with Crippen molar-refractivity contribution in [2.24, 2.45) is 0 Å². The third-order valence-electron chi connectivity index (χ3n) is 2.54. The van der Waals surface area contributed by atoms with Crippen LogP contribution < -0.4 is 11.1 Å². The van der Waals surface area contributed by atoms with Crippen molar-refractivity contribution in [3.05, 3.63) is 44.1 Å². The maximum Gasteiger partial charge on any atom is 0.265 e. The third-order valence-corrected chi connectivity index (χ3v) is 4.67. The predicted molar refractivity (Wildman–Crippen MR) is 80.3 cm³/mol. The van der Waals surface area contributed by atoms with E-state index in [0.29, 0.717) is 16.3 Å². The van der Waals surface area contributed by atoms with Crippen LogP contribution in [-0.2, 0) is 0 Å². The fourth-order valence-electron chi connectivity index (χ4n) is 1.55. The van der Waals surface area contributed by atoms with Crippen LogP contribution in [0.2, 0.25) is 0 Å². The minimum atomic E-state index is -0.135. The third kappa shape index (κ3) is 2.73. The molecule has 3 N–H and O–H groups in total. The van der Waals surface area contributed by atoms with Crippen LogP contribution in [0.3, 0.4) is 0 Å². The van der Waals surface area contributed by atoms with Crippen LogP contribution in [-0.4, -0.2) is 5.91 Å². The molecule has 5 heteroatoms. The van der Waals surface area contributed by atoms with Gasteiger partial charge in [0.2, 0.25) is 0 Å². The molecule has 1 heterocycles. The number of nitrogens with two attached hydrogens (primary N) is 1. The molecule has 0 atom stereocenters. The molecule has 0 aliphatic carbocycles. The minimum absolute atomic E-state index is 0.135. The number of amides is 1. The lowest BCUT2D eigenvalue weighted by Crippen LogP contribution is -2.11. The first-order chi connectivity index (χ1) is 8.47. The highest BCUT2D eigenvalue weighted by atomic mass is 79.9. The van der Waals surface area contributed by atoms with Gasteiger partial charge in [-0.1, -0.05) is 6.07 Å². The number of thiophene rings is 1. The van der Waals surface area contributed by atoms with E-state index in [4.69, 9.17) is 5.73 Å². The normalized spacial score (nSPS) is 10.4. The molecule has 0 radical (unpaired) electrons. The molecule has 2 aromatic rings. The number of hydrogen-bond acceptors (Lipinski definition) is 3. The van der Waals surface area contributed by atoms with Crippen molar-refractivity contribution in [1.82, 2.24) is 0 Å². The van der Waals surface area contributed by atoms with Crippen molar-refractivity contribution in [1.29, 1.82) is 0 Å². The molecule has 0 unspecified atom stereocenters. The van der Waals surface area contributed by atoms with Gasteiger partial charge in [-0.15, -0.1) is 11.3 Å². The number of rotatable bonds is 2. The first-order valence-corrected chi connectivity index (χ1v) is 7.01. The fraction of sp³-hybridized carbons (Fsp3) is 0.154. The van der Waals surface area contributed by atoms with E-state index in [0.717, 1.165) is 14.9 Å². The lowest BCUT2D eigenvalue weighted by atomic mass is 10.2. The van der Waals surface area contributed by atoms with Gasteiger partial charge >= 0.3 is 0 Å². The van der Waals surface area contributed by atoms with Gasteiger partial charge in [-0.25, -0.2) is 0 Å². The van der Waals surface area contributed by atoms with Crippen molar-refractivity contribution in [2.75, 3.05) is 11.1 Å². The molecule has 1 aromatic heterocycles. The van der Waals surface area contributed by atoms with Crippen LogP contribution in [0.4, 0.5) is 11.4 Å². The molecule has 2 rings (SSSR count). The van der Waals surface area contributed by atoms with Gasteiger partial charge in [0.15, 0.2) is 0 Å². The summed E-state index contributed by atoms with van der Waals surface area (Å²) in [4.78, 5) is 12.7. The lowest BCUT2D eigenvalue weighted by Gasteiger charge is -2.07. The maximum absolute atomic E-state index is 12.0. The zero-order chi connectivity index (χ0) is 13.3. The Bertz CT molecular complexity index is 588. The monoisotopic (exact) mass is 324 g/mol. The summed E-state index contributed by atoms with van der Waals surface area (Å²) in [5.74, 6) is -0.135. The summed E-state index contributed by atoms with van der Waals surface area (Å²) in [6, 6.07) is 7.43. The zero-order valence-electron chi connectivity index (χ0n) is 10.1. The number of nitrogen functional groups attached to an aromatic ring is 1.